The fraction of sp³-hybridized carbons (Fsp3) is 0.0952. The lowest BCUT2D eigenvalue weighted by Crippen LogP contribution is -2.15. The first-order chi connectivity index (χ1) is 16.2. The zero-order valence-electron chi connectivity index (χ0n) is 18.0. The molecule has 0 saturated heterocycles. The standard InChI is InChI=1S/C21H19N5O7S/c1-32-20-13-18(23-21(24-20)33-2)25-34(30,31)17-10-6-15(7-11-17)22-19(27)12-5-14-3-8-16(9-4-14)26(28)29/h3-13H,1-2H3,(H,22,27)(H,23,24,25)/b12-5+. The molecule has 0 radical (unpaired) electrons. The number of benzene rings is 2. The molecule has 0 aliphatic rings. The maximum atomic E-state index is 12.7. The summed E-state index contributed by atoms with van der Waals surface area (Å²) in [5, 5.41) is 13.3. The number of non-ortho nitro benzene ring substituents is 1. The van der Waals surface area contributed by atoms with Crippen molar-refractivity contribution < 1.29 is 27.6 Å². The fourth-order valence-corrected chi connectivity index (χ4v) is 3.62. The number of methoxy groups -OCH3 is 2. The van der Waals surface area contributed by atoms with E-state index >= 15 is 0 Å². The van der Waals surface area contributed by atoms with Crippen molar-refractivity contribution in [3.63, 3.8) is 0 Å². The Labute approximate surface area is 194 Å². The predicted molar refractivity (Wildman–Crippen MR) is 123 cm³/mol. The van der Waals surface area contributed by atoms with Crippen LogP contribution in [-0.4, -0.2) is 43.4 Å². The third-order valence-electron chi connectivity index (χ3n) is 4.28. The molecule has 0 bridgehead atoms. The van der Waals surface area contributed by atoms with Gasteiger partial charge in [0.25, 0.3) is 15.7 Å². The molecule has 1 aromatic heterocycles. The van der Waals surface area contributed by atoms with Gasteiger partial charge in [-0.2, -0.15) is 9.97 Å². The number of hydrogen-bond acceptors (Lipinski definition) is 9. The second-order valence-electron chi connectivity index (χ2n) is 6.58. The molecule has 0 saturated carbocycles. The first-order valence-electron chi connectivity index (χ1n) is 9.53. The zero-order chi connectivity index (χ0) is 24.7. The molecular weight excluding hydrogens is 466 g/mol. The lowest BCUT2D eigenvalue weighted by Gasteiger charge is -2.10. The SMILES string of the molecule is COc1cc(NS(=O)(=O)c2ccc(NC(=O)/C=C/c3ccc([N+](=O)[O-])cc3)cc2)nc(OC)n1. The Morgan fingerprint density at radius 2 is 1.71 bits per heavy atom. The summed E-state index contributed by atoms with van der Waals surface area (Å²) in [5.41, 5.74) is 0.915. The van der Waals surface area contributed by atoms with Crippen LogP contribution in [0, 0.1) is 10.1 Å². The van der Waals surface area contributed by atoms with Gasteiger partial charge in [0.1, 0.15) is 0 Å². The van der Waals surface area contributed by atoms with Crippen LogP contribution >= 0.6 is 0 Å². The van der Waals surface area contributed by atoms with Crippen molar-refractivity contribution in [2.45, 2.75) is 4.90 Å². The molecule has 12 nitrogen and oxygen atoms in total. The summed E-state index contributed by atoms with van der Waals surface area (Å²) in [6, 6.07) is 12.4. The van der Waals surface area contributed by atoms with E-state index in [4.69, 9.17) is 9.47 Å². The number of aromatic nitrogens is 2. The Morgan fingerprint density at radius 3 is 2.29 bits per heavy atom. The number of carbonyl (C=O) groups excluding carboxylic acids is 1. The van der Waals surface area contributed by atoms with E-state index in [2.05, 4.69) is 20.0 Å². The van der Waals surface area contributed by atoms with Crippen molar-refractivity contribution in [2.75, 3.05) is 24.3 Å². The number of nitrogens with one attached hydrogen (secondary N) is 2. The summed E-state index contributed by atoms with van der Waals surface area (Å²) in [5.74, 6) is -0.394. The van der Waals surface area contributed by atoms with Gasteiger partial charge in [0.05, 0.1) is 24.0 Å². The maximum absolute atomic E-state index is 12.7. The molecule has 0 spiro atoms. The minimum Gasteiger partial charge on any atom is -0.481 e. The first kappa shape index (κ1) is 24.1. The molecule has 0 atom stereocenters. The Bertz CT molecular complexity index is 1300. The van der Waals surface area contributed by atoms with Gasteiger partial charge in [-0.3, -0.25) is 19.6 Å². The number of anilines is 2. The highest BCUT2D eigenvalue weighted by atomic mass is 32.2. The normalized spacial score (nSPS) is 11.1. The second kappa shape index (κ2) is 10.4. The molecule has 0 unspecified atom stereocenters. The van der Waals surface area contributed by atoms with Crippen molar-refractivity contribution in [1.82, 2.24) is 9.97 Å². The Kier molecular flexibility index (Phi) is 7.38. The van der Waals surface area contributed by atoms with E-state index in [0.29, 0.717) is 11.3 Å². The van der Waals surface area contributed by atoms with Crippen LogP contribution in [0.2, 0.25) is 0 Å². The largest absolute Gasteiger partial charge is 0.481 e. The number of hydrogen-bond donors (Lipinski definition) is 2. The van der Waals surface area contributed by atoms with Gasteiger partial charge in [-0.15, -0.1) is 0 Å². The van der Waals surface area contributed by atoms with Gasteiger partial charge in [-0.05, 0) is 48.0 Å². The Morgan fingerprint density at radius 1 is 1.03 bits per heavy atom. The number of nitrogens with zero attached hydrogens (tertiary/aromatic N) is 3. The molecular formula is C21H19N5O7S. The van der Waals surface area contributed by atoms with E-state index in [1.807, 2.05) is 0 Å². The third kappa shape index (κ3) is 6.26. The summed E-state index contributed by atoms with van der Waals surface area (Å²) < 4.78 is 37.6. The number of nitro groups is 1. The molecule has 2 aromatic carbocycles. The van der Waals surface area contributed by atoms with E-state index in [-0.39, 0.29) is 28.3 Å². The van der Waals surface area contributed by atoms with Crippen LogP contribution in [0.1, 0.15) is 5.56 Å². The van der Waals surface area contributed by atoms with Crippen molar-refractivity contribution in [1.29, 1.82) is 0 Å². The van der Waals surface area contributed by atoms with Gasteiger partial charge >= 0.3 is 6.01 Å². The molecule has 0 aliphatic carbocycles. The van der Waals surface area contributed by atoms with E-state index in [9.17, 15) is 23.3 Å². The average Bonchev–Trinajstić information content (AvgIpc) is 2.82. The molecule has 0 fully saturated rings. The highest BCUT2D eigenvalue weighted by Crippen LogP contribution is 2.21. The van der Waals surface area contributed by atoms with Crippen molar-refractivity contribution in [3.8, 4) is 11.9 Å². The molecule has 176 valence electrons. The maximum Gasteiger partial charge on any atom is 0.321 e. The van der Waals surface area contributed by atoms with Crippen LogP contribution in [0.25, 0.3) is 6.08 Å². The Hall–Kier alpha value is -4.52. The number of ether oxygens (including phenoxy) is 2. The van der Waals surface area contributed by atoms with Gasteiger partial charge < -0.3 is 14.8 Å². The van der Waals surface area contributed by atoms with Crippen LogP contribution in [0.15, 0.2) is 65.6 Å². The number of rotatable bonds is 9. The van der Waals surface area contributed by atoms with Crippen molar-refractivity contribution in [2.24, 2.45) is 0 Å². The lowest BCUT2D eigenvalue weighted by atomic mass is 10.2. The molecule has 13 heteroatoms. The lowest BCUT2D eigenvalue weighted by molar-refractivity contribution is -0.384. The smallest absolute Gasteiger partial charge is 0.321 e. The van der Waals surface area contributed by atoms with Gasteiger partial charge in [0.2, 0.25) is 11.8 Å². The van der Waals surface area contributed by atoms with Gasteiger partial charge in [0.15, 0.2) is 5.82 Å². The number of amides is 1. The summed E-state index contributed by atoms with van der Waals surface area (Å²) in [7, 11) is -1.29. The van der Waals surface area contributed by atoms with E-state index in [1.165, 1.54) is 81.0 Å². The average molecular weight is 485 g/mol. The van der Waals surface area contributed by atoms with E-state index in [0.717, 1.165) is 0 Å². The number of sulfonamides is 1. The summed E-state index contributed by atoms with van der Waals surface area (Å²) in [6.07, 6.45) is 2.75. The molecule has 34 heavy (non-hydrogen) atoms. The van der Waals surface area contributed by atoms with E-state index < -0.39 is 20.9 Å². The molecule has 3 aromatic rings. The van der Waals surface area contributed by atoms with E-state index in [1.54, 1.807) is 0 Å². The molecule has 0 aliphatic heterocycles. The minimum absolute atomic E-state index is 0.0440. The summed E-state index contributed by atoms with van der Waals surface area (Å²) >= 11 is 0. The second-order valence-corrected chi connectivity index (χ2v) is 8.27. The van der Waals surface area contributed by atoms with Gasteiger partial charge in [0, 0.05) is 30.0 Å². The molecule has 1 amide bonds. The Balaban J connectivity index is 1.65. The number of carbonyl (C=O) groups is 1. The fourth-order valence-electron chi connectivity index (χ4n) is 2.63. The van der Waals surface area contributed by atoms with Crippen LogP contribution < -0.4 is 19.5 Å². The highest BCUT2D eigenvalue weighted by Gasteiger charge is 2.17. The van der Waals surface area contributed by atoms with Gasteiger partial charge in [-0.1, -0.05) is 0 Å². The van der Waals surface area contributed by atoms with Crippen LogP contribution in [-0.2, 0) is 14.8 Å². The molecule has 2 N–H and O–H groups in total. The van der Waals surface area contributed by atoms with Crippen LogP contribution in [0.4, 0.5) is 17.2 Å². The quantitative estimate of drug-likeness (QED) is 0.263. The molecule has 3 rings (SSSR count). The number of nitro benzene ring substituents is 1. The topological polar surface area (TPSA) is 163 Å². The zero-order valence-corrected chi connectivity index (χ0v) is 18.8. The van der Waals surface area contributed by atoms with Crippen molar-refractivity contribution in [3.05, 3.63) is 76.4 Å². The highest BCUT2D eigenvalue weighted by molar-refractivity contribution is 7.92. The molecule has 1 heterocycles. The monoisotopic (exact) mass is 485 g/mol. The van der Waals surface area contributed by atoms with Gasteiger partial charge in [-0.25, -0.2) is 8.42 Å². The summed E-state index contributed by atoms with van der Waals surface area (Å²) in [4.78, 5) is 30.0. The van der Waals surface area contributed by atoms with Crippen LogP contribution in [0.3, 0.4) is 0 Å². The summed E-state index contributed by atoms with van der Waals surface area (Å²) in [6.45, 7) is 0. The predicted octanol–water partition coefficient (Wildman–Crippen LogP) is 2.85. The van der Waals surface area contributed by atoms with Crippen LogP contribution in [0.5, 0.6) is 11.9 Å². The third-order valence-corrected chi connectivity index (χ3v) is 5.65. The minimum atomic E-state index is -3.99. The first-order valence-corrected chi connectivity index (χ1v) is 11.0. The van der Waals surface area contributed by atoms with Crippen molar-refractivity contribution >= 4 is 39.2 Å².